The lowest BCUT2D eigenvalue weighted by Gasteiger charge is -2.47. The van der Waals surface area contributed by atoms with Crippen molar-refractivity contribution in [1.29, 1.82) is 0 Å². The molecule has 0 aromatic heterocycles. The van der Waals surface area contributed by atoms with Crippen molar-refractivity contribution >= 4 is 39.1 Å². The van der Waals surface area contributed by atoms with Gasteiger partial charge in [0.25, 0.3) is 0 Å². The van der Waals surface area contributed by atoms with Crippen molar-refractivity contribution < 1.29 is 99.5 Å². The van der Waals surface area contributed by atoms with Gasteiger partial charge in [0.2, 0.25) is 0 Å². The van der Waals surface area contributed by atoms with Gasteiger partial charge >= 0.3 is 39.1 Å². The molecule has 1 saturated carbocycles. The number of rotatable bonds is 10. The van der Waals surface area contributed by atoms with Gasteiger partial charge in [-0.3, -0.25) is 22.6 Å². The third kappa shape index (κ3) is 10.8. The fourth-order valence-electron chi connectivity index (χ4n) is 2.53. The molecule has 2 unspecified atom stereocenters. The smallest absolute Gasteiger partial charge is 0.387 e. The average molecular weight is 580 g/mol. The highest BCUT2D eigenvalue weighted by molar-refractivity contribution is 7.47. The van der Waals surface area contributed by atoms with E-state index >= 15 is 0 Å². The lowest BCUT2D eigenvalue weighted by Crippen LogP contribution is -2.66. The van der Waals surface area contributed by atoms with E-state index < -0.39 is 75.7 Å². The Bertz CT molecular complexity index is 824. The van der Waals surface area contributed by atoms with Crippen LogP contribution in [0, 0.1) is 0 Å². The van der Waals surface area contributed by atoms with Crippen LogP contribution in [0.1, 0.15) is 0 Å². The van der Waals surface area contributed by atoms with Crippen LogP contribution in [0.4, 0.5) is 0 Å². The van der Waals surface area contributed by atoms with Gasteiger partial charge in [-0.05, 0) is 0 Å². The molecule has 26 heteroatoms. The fourth-order valence-corrected chi connectivity index (χ4v) is 5.33. The molecule has 0 spiro atoms. The van der Waals surface area contributed by atoms with Crippen molar-refractivity contribution in [1.82, 2.24) is 0 Å². The van der Waals surface area contributed by atoms with Crippen LogP contribution in [0.15, 0.2) is 0 Å². The summed E-state index contributed by atoms with van der Waals surface area (Å²) >= 11 is 0. The molecule has 1 aliphatic carbocycles. The van der Waals surface area contributed by atoms with Crippen LogP contribution < -0.4 is 0 Å². The SMILES string of the molecule is O=P(O)(O)OC1[C@@H](OP(=O)(O)O)[C@H](OP(=O)(O)O)C(O)[C@H](OP(=O)(O)O)[C@@H]1OP(=O)(O)O. The topological polar surface area (TPSA) is 354 Å². The van der Waals surface area contributed by atoms with Crippen LogP contribution in [-0.2, 0) is 45.4 Å². The highest BCUT2D eigenvalue weighted by atomic mass is 31.2. The Balaban J connectivity index is 3.77. The molecule has 32 heavy (non-hydrogen) atoms. The molecule has 0 aliphatic heterocycles. The second-order valence-corrected chi connectivity index (χ2v) is 11.8. The molecular weight excluding hydrogens is 563 g/mol. The molecule has 0 aromatic rings. The zero-order chi connectivity index (χ0) is 25.5. The number of phosphoric acid groups is 5. The lowest BCUT2D eigenvalue weighted by atomic mass is 9.85. The Kier molecular flexibility index (Phi) is 9.78. The van der Waals surface area contributed by atoms with Gasteiger partial charge in [-0.25, -0.2) is 22.8 Å². The van der Waals surface area contributed by atoms with Crippen LogP contribution >= 0.6 is 39.1 Å². The molecule has 1 fully saturated rings. The Labute approximate surface area is 176 Å². The van der Waals surface area contributed by atoms with Crippen molar-refractivity contribution in [3.05, 3.63) is 0 Å². The number of hydrogen-bond donors (Lipinski definition) is 11. The van der Waals surface area contributed by atoms with E-state index in [9.17, 15) is 27.9 Å². The van der Waals surface area contributed by atoms with Crippen molar-refractivity contribution in [2.24, 2.45) is 0 Å². The standard InChI is InChI=1S/C6H17O21P5/c7-1-2(23-28(8,9)10)4(25-30(14,15)16)6(27-32(20,21)22)5(26-31(17,18)19)3(1)24-29(11,12)13/h1-7H,(H2,8,9,10)(H2,11,12,13)(H2,14,15,16)(H2,17,18,19)(H2,20,21,22)/t1?,2-,3+,4-,5-,6?/m0/s1. The van der Waals surface area contributed by atoms with Crippen molar-refractivity contribution in [2.45, 2.75) is 36.6 Å². The first-order valence-electron chi connectivity index (χ1n) is 7.26. The molecule has 0 radical (unpaired) electrons. The highest BCUT2D eigenvalue weighted by Crippen LogP contribution is 2.54. The molecule has 0 bridgehead atoms. The largest absolute Gasteiger partial charge is 0.470 e. The van der Waals surface area contributed by atoms with Crippen LogP contribution in [0.3, 0.4) is 0 Å². The molecule has 0 saturated heterocycles. The molecule has 11 N–H and O–H groups in total. The maximum absolute atomic E-state index is 11.3. The van der Waals surface area contributed by atoms with Crippen molar-refractivity contribution in [3.8, 4) is 0 Å². The van der Waals surface area contributed by atoms with E-state index in [0.29, 0.717) is 0 Å². The molecule has 0 aromatic carbocycles. The minimum atomic E-state index is -5.86. The summed E-state index contributed by atoms with van der Waals surface area (Å²) in [5.41, 5.74) is 0. The van der Waals surface area contributed by atoms with Gasteiger partial charge in [0.1, 0.15) is 36.6 Å². The molecule has 21 nitrogen and oxygen atoms in total. The number of aliphatic hydroxyl groups is 1. The number of aliphatic hydroxyl groups excluding tert-OH is 1. The second kappa shape index (κ2) is 10.2. The summed E-state index contributed by atoms with van der Waals surface area (Å²) in [5.74, 6) is 0. The Morgan fingerprint density at radius 3 is 0.719 bits per heavy atom. The van der Waals surface area contributed by atoms with Crippen LogP contribution in [0.25, 0.3) is 0 Å². The second-order valence-electron chi connectivity index (χ2n) is 5.79. The summed E-state index contributed by atoms with van der Waals surface area (Å²) in [5, 5.41) is 10.3. The predicted octanol–water partition coefficient (Wildman–Crippen LogP) is -3.25. The maximum atomic E-state index is 11.3. The summed E-state index contributed by atoms with van der Waals surface area (Å²) in [7, 11) is -29.1. The monoisotopic (exact) mass is 580 g/mol. The van der Waals surface area contributed by atoms with Gasteiger partial charge in [0.15, 0.2) is 0 Å². The van der Waals surface area contributed by atoms with E-state index in [2.05, 4.69) is 22.6 Å². The molecule has 1 rings (SSSR count). The fraction of sp³-hybridized carbons (Fsp3) is 1.00. The van der Waals surface area contributed by atoms with E-state index in [4.69, 9.17) is 48.9 Å². The number of phosphoric ester groups is 5. The minimum Gasteiger partial charge on any atom is -0.387 e. The normalized spacial score (nSPS) is 31.0. The van der Waals surface area contributed by atoms with E-state index in [1.54, 1.807) is 0 Å². The zero-order valence-electron chi connectivity index (χ0n) is 14.7. The molecule has 1 aliphatic rings. The molecule has 0 amide bonds. The predicted molar refractivity (Wildman–Crippen MR) is 90.6 cm³/mol. The first kappa shape index (κ1) is 30.5. The van der Waals surface area contributed by atoms with E-state index in [1.165, 1.54) is 0 Å². The summed E-state index contributed by atoms with van der Waals surface area (Å²) < 4.78 is 76.6. The summed E-state index contributed by atoms with van der Waals surface area (Å²) in [6.07, 6.45) is -17.4. The van der Waals surface area contributed by atoms with E-state index in [-0.39, 0.29) is 0 Å². The van der Waals surface area contributed by atoms with Crippen LogP contribution in [0.2, 0.25) is 0 Å². The Morgan fingerprint density at radius 2 is 0.531 bits per heavy atom. The Hall–Kier alpha value is 0.510. The third-order valence-electron chi connectivity index (χ3n) is 3.26. The molecule has 0 heterocycles. The highest BCUT2D eigenvalue weighted by Gasteiger charge is 2.60. The van der Waals surface area contributed by atoms with Gasteiger partial charge in [-0.2, -0.15) is 0 Å². The van der Waals surface area contributed by atoms with Gasteiger partial charge in [0.05, 0.1) is 0 Å². The number of hydrogen-bond acceptors (Lipinski definition) is 11. The molecule has 6 atom stereocenters. The maximum Gasteiger partial charge on any atom is 0.470 e. The van der Waals surface area contributed by atoms with Gasteiger partial charge in [-0.1, -0.05) is 0 Å². The molecular formula is C6H17O21P5. The van der Waals surface area contributed by atoms with Crippen molar-refractivity contribution in [3.63, 3.8) is 0 Å². The van der Waals surface area contributed by atoms with E-state index in [0.717, 1.165) is 0 Å². The first-order valence-corrected chi connectivity index (χ1v) is 14.9. The van der Waals surface area contributed by atoms with E-state index in [1.807, 2.05) is 0 Å². The minimum absolute atomic E-state index is 2.85. The van der Waals surface area contributed by atoms with Gasteiger partial charge in [-0.15, -0.1) is 0 Å². The average Bonchev–Trinajstić information content (AvgIpc) is 2.45. The van der Waals surface area contributed by atoms with Gasteiger partial charge in [0, 0.05) is 0 Å². The van der Waals surface area contributed by atoms with Crippen molar-refractivity contribution in [2.75, 3.05) is 0 Å². The molecule has 192 valence electrons. The van der Waals surface area contributed by atoms with Gasteiger partial charge < -0.3 is 54.0 Å². The quantitative estimate of drug-likeness (QED) is 0.113. The van der Waals surface area contributed by atoms with Crippen LogP contribution in [0.5, 0.6) is 0 Å². The lowest BCUT2D eigenvalue weighted by molar-refractivity contribution is -0.205. The third-order valence-corrected chi connectivity index (χ3v) is 5.85. The zero-order valence-corrected chi connectivity index (χ0v) is 19.2. The first-order chi connectivity index (χ1) is 13.9. The summed E-state index contributed by atoms with van der Waals surface area (Å²) in [6.45, 7) is 0. The summed E-state index contributed by atoms with van der Waals surface area (Å²) in [4.78, 5) is 90.1. The van der Waals surface area contributed by atoms with Crippen LogP contribution in [-0.4, -0.2) is 90.7 Å². The Morgan fingerprint density at radius 1 is 0.375 bits per heavy atom. The summed E-state index contributed by atoms with van der Waals surface area (Å²) in [6, 6.07) is 0.